The van der Waals surface area contributed by atoms with E-state index in [4.69, 9.17) is 5.73 Å². The van der Waals surface area contributed by atoms with E-state index in [-0.39, 0.29) is 0 Å². The van der Waals surface area contributed by atoms with Gasteiger partial charge in [0.25, 0.3) is 0 Å². The zero-order valence-corrected chi connectivity index (χ0v) is 9.89. The summed E-state index contributed by atoms with van der Waals surface area (Å²) in [5, 5.41) is 4.18. The van der Waals surface area contributed by atoms with Crippen LogP contribution in [0.15, 0.2) is 0 Å². The van der Waals surface area contributed by atoms with Crippen molar-refractivity contribution in [3.8, 4) is 0 Å². The first-order valence-corrected chi connectivity index (χ1v) is 6.36. The highest BCUT2D eigenvalue weighted by Crippen LogP contribution is 2.29. The lowest BCUT2D eigenvalue weighted by Crippen LogP contribution is -2.24. The van der Waals surface area contributed by atoms with Crippen LogP contribution in [-0.4, -0.2) is 15.9 Å². The Bertz CT molecular complexity index is 312. The van der Waals surface area contributed by atoms with Gasteiger partial charge < -0.3 is 11.1 Å². The first-order chi connectivity index (χ1) is 7.25. The molecular formula is C10H18N4S. The van der Waals surface area contributed by atoms with Crippen LogP contribution in [-0.2, 0) is 0 Å². The highest BCUT2D eigenvalue weighted by Gasteiger charge is 2.21. The van der Waals surface area contributed by atoms with E-state index in [2.05, 4.69) is 21.6 Å². The van der Waals surface area contributed by atoms with E-state index >= 15 is 0 Å². The second-order valence-corrected chi connectivity index (χ2v) is 5.11. The molecule has 0 amide bonds. The van der Waals surface area contributed by atoms with Crippen LogP contribution in [0.4, 0.5) is 11.1 Å². The third-order valence-corrected chi connectivity index (χ3v) is 3.93. The fourth-order valence-corrected chi connectivity index (χ4v) is 2.72. The number of anilines is 2. The first-order valence-electron chi connectivity index (χ1n) is 5.59. The van der Waals surface area contributed by atoms with E-state index in [1.165, 1.54) is 37.2 Å². The van der Waals surface area contributed by atoms with Gasteiger partial charge in [0.1, 0.15) is 0 Å². The SMILES string of the molecule is CC1CCCCC1CNc1nc(N)ns1. The summed E-state index contributed by atoms with van der Waals surface area (Å²) in [6.45, 7) is 3.36. The highest BCUT2D eigenvalue weighted by molar-refractivity contribution is 7.09. The number of nitrogens with two attached hydrogens (primary N) is 1. The molecule has 2 unspecified atom stereocenters. The first kappa shape index (κ1) is 10.7. The molecule has 1 saturated carbocycles. The molecule has 1 aromatic heterocycles. The van der Waals surface area contributed by atoms with Crippen LogP contribution in [0.2, 0.25) is 0 Å². The van der Waals surface area contributed by atoms with E-state index in [0.29, 0.717) is 5.95 Å². The molecule has 4 nitrogen and oxygen atoms in total. The Kier molecular flexibility index (Phi) is 3.41. The third kappa shape index (κ3) is 2.81. The van der Waals surface area contributed by atoms with Crippen LogP contribution < -0.4 is 11.1 Å². The summed E-state index contributed by atoms with van der Waals surface area (Å²) in [5.74, 6) is 1.99. The molecule has 0 radical (unpaired) electrons. The Morgan fingerprint density at radius 1 is 1.47 bits per heavy atom. The fraction of sp³-hybridized carbons (Fsp3) is 0.800. The zero-order valence-electron chi connectivity index (χ0n) is 9.07. The quantitative estimate of drug-likeness (QED) is 0.830. The minimum Gasteiger partial charge on any atom is -0.367 e. The van der Waals surface area contributed by atoms with Gasteiger partial charge in [0.05, 0.1) is 0 Å². The van der Waals surface area contributed by atoms with Crippen LogP contribution >= 0.6 is 11.5 Å². The Labute approximate surface area is 94.5 Å². The second-order valence-electron chi connectivity index (χ2n) is 4.36. The van der Waals surface area contributed by atoms with Gasteiger partial charge in [-0.05, 0) is 18.3 Å². The van der Waals surface area contributed by atoms with Gasteiger partial charge in [-0.3, -0.25) is 0 Å². The van der Waals surface area contributed by atoms with Crippen molar-refractivity contribution in [3.63, 3.8) is 0 Å². The van der Waals surface area contributed by atoms with Crippen molar-refractivity contribution in [2.75, 3.05) is 17.6 Å². The van der Waals surface area contributed by atoms with Crippen molar-refractivity contribution >= 4 is 22.6 Å². The Morgan fingerprint density at radius 2 is 2.27 bits per heavy atom. The van der Waals surface area contributed by atoms with Crippen LogP contribution in [0.5, 0.6) is 0 Å². The molecule has 84 valence electrons. The maximum atomic E-state index is 5.46. The molecule has 0 bridgehead atoms. The van der Waals surface area contributed by atoms with Crippen molar-refractivity contribution in [3.05, 3.63) is 0 Å². The predicted octanol–water partition coefficient (Wildman–Crippen LogP) is 2.36. The lowest BCUT2D eigenvalue weighted by Gasteiger charge is -2.28. The minimum absolute atomic E-state index is 0.374. The molecule has 1 fully saturated rings. The zero-order chi connectivity index (χ0) is 10.7. The molecule has 2 rings (SSSR count). The molecule has 0 aromatic carbocycles. The van der Waals surface area contributed by atoms with Crippen molar-refractivity contribution in [2.45, 2.75) is 32.6 Å². The molecule has 1 aromatic rings. The van der Waals surface area contributed by atoms with Crippen molar-refractivity contribution in [1.82, 2.24) is 9.36 Å². The number of hydrogen-bond donors (Lipinski definition) is 2. The molecule has 3 N–H and O–H groups in total. The van der Waals surface area contributed by atoms with E-state index in [1.54, 1.807) is 0 Å². The third-order valence-electron chi connectivity index (χ3n) is 3.25. The van der Waals surface area contributed by atoms with Gasteiger partial charge in [-0.2, -0.15) is 9.36 Å². The number of nitrogens with zero attached hydrogens (tertiary/aromatic N) is 2. The molecule has 1 heterocycles. The predicted molar refractivity (Wildman–Crippen MR) is 63.9 cm³/mol. The van der Waals surface area contributed by atoms with Crippen LogP contribution in [0.25, 0.3) is 0 Å². The summed E-state index contributed by atoms with van der Waals surface area (Å²) in [6.07, 6.45) is 5.46. The Hall–Kier alpha value is -0.840. The maximum Gasteiger partial charge on any atom is 0.233 e. The number of nitrogen functional groups attached to an aromatic ring is 1. The maximum absolute atomic E-state index is 5.46. The topological polar surface area (TPSA) is 63.8 Å². The molecule has 2 atom stereocenters. The van der Waals surface area contributed by atoms with Crippen LogP contribution in [0.3, 0.4) is 0 Å². The van der Waals surface area contributed by atoms with Gasteiger partial charge >= 0.3 is 0 Å². The number of rotatable bonds is 3. The summed E-state index contributed by atoms with van der Waals surface area (Å²) in [7, 11) is 0. The van der Waals surface area contributed by atoms with Gasteiger partial charge in [0, 0.05) is 18.1 Å². The lowest BCUT2D eigenvalue weighted by molar-refractivity contribution is 0.268. The van der Waals surface area contributed by atoms with E-state index in [9.17, 15) is 0 Å². The average Bonchev–Trinajstić information content (AvgIpc) is 2.63. The van der Waals surface area contributed by atoms with Gasteiger partial charge in [-0.15, -0.1) is 0 Å². The van der Waals surface area contributed by atoms with Gasteiger partial charge in [0.2, 0.25) is 11.1 Å². The van der Waals surface area contributed by atoms with Gasteiger partial charge in [0.15, 0.2) is 0 Å². The van der Waals surface area contributed by atoms with Crippen molar-refractivity contribution in [1.29, 1.82) is 0 Å². The standard InChI is InChI=1S/C10H18N4S/c1-7-4-2-3-5-8(7)6-12-10-13-9(11)14-15-10/h7-8H,2-6H2,1H3,(H3,11,12,13,14). The number of hydrogen-bond acceptors (Lipinski definition) is 5. The summed E-state index contributed by atoms with van der Waals surface area (Å²) in [4.78, 5) is 4.09. The summed E-state index contributed by atoms with van der Waals surface area (Å²) in [5.41, 5.74) is 5.46. The average molecular weight is 226 g/mol. The summed E-state index contributed by atoms with van der Waals surface area (Å²) < 4.78 is 3.95. The van der Waals surface area contributed by atoms with Gasteiger partial charge in [-0.25, -0.2) is 0 Å². The fourth-order valence-electron chi connectivity index (χ4n) is 2.22. The summed E-state index contributed by atoms with van der Waals surface area (Å²) in [6, 6.07) is 0. The molecule has 0 saturated heterocycles. The minimum atomic E-state index is 0.374. The van der Waals surface area contributed by atoms with Crippen molar-refractivity contribution < 1.29 is 0 Å². The normalized spacial score (nSPS) is 26.5. The van der Waals surface area contributed by atoms with E-state index in [0.717, 1.165) is 23.5 Å². The molecule has 1 aliphatic carbocycles. The van der Waals surface area contributed by atoms with Crippen LogP contribution in [0.1, 0.15) is 32.6 Å². The largest absolute Gasteiger partial charge is 0.367 e. The second kappa shape index (κ2) is 4.79. The number of aromatic nitrogens is 2. The van der Waals surface area contributed by atoms with Crippen LogP contribution in [0, 0.1) is 11.8 Å². The Balaban J connectivity index is 1.81. The molecule has 15 heavy (non-hydrogen) atoms. The molecule has 0 spiro atoms. The Morgan fingerprint density at radius 3 is 2.93 bits per heavy atom. The van der Waals surface area contributed by atoms with Gasteiger partial charge in [-0.1, -0.05) is 26.2 Å². The molecular weight excluding hydrogens is 208 g/mol. The lowest BCUT2D eigenvalue weighted by atomic mass is 9.80. The highest BCUT2D eigenvalue weighted by atomic mass is 32.1. The monoisotopic (exact) mass is 226 g/mol. The molecule has 0 aliphatic heterocycles. The number of nitrogens with one attached hydrogen (secondary N) is 1. The molecule has 1 aliphatic rings. The summed E-state index contributed by atoms with van der Waals surface area (Å²) >= 11 is 1.34. The van der Waals surface area contributed by atoms with Crippen molar-refractivity contribution in [2.24, 2.45) is 11.8 Å². The van der Waals surface area contributed by atoms with E-state index < -0.39 is 0 Å². The molecule has 5 heteroatoms. The van der Waals surface area contributed by atoms with E-state index in [1.807, 2.05) is 0 Å². The smallest absolute Gasteiger partial charge is 0.233 e.